The van der Waals surface area contributed by atoms with Crippen molar-refractivity contribution in [1.82, 2.24) is 10.2 Å². The van der Waals surface area contributed by atoms with Crippen LogP contribution in [0.25, 0.3) is 0 Å². The molecule has 0 heterocycles. The molecule has 1 aliphatic carbocycles. The Morgan fingerprint density at radius 1 is 0.833 bits per heavy atom. The van der Waals surface area contributed by atoms with Crippen molar-refractivity contribution in [3.05, 3.63) is 129 Å². The summed E-state index contributed by atoms with van der Waals surface area (Å²) in [6.07, 6.45) is 5.34. The van der Waals surface area contributed by atoms with Gasteiger partial charge >= 0.3 is 0 Å². The molecule has 0 spiro atoms. The van der Waals surface area contributed by atoms with E-state index < -0.39 is 28.5 Å². The second-order valence-corrected chi connectivity index (χ2v) is 15.5. The highest BCUT2D eigenvalue weighted by Gasteiger charge is 2.36. The predicted molar refractivity (Wildman–Crippen MR) is 195 cm³/mol. The topological polar surface area (TPSA) is 86.8 Å². The van der Waals surface area contributed by atoms with Crippen LogP contribution in [-0.4, -0.2) is 43.8 Å². The van der Waals surface area contributed by atoms with Crippen LogP contribution in [0.2, 0.25) is 0 Å². The Hall–Kier alpha value is -3.95. The maximum atomic E-state index is 14.8. The number of anilines is 1. The van der Waals surface area contributed by atoms with Crippen LogP contribution >= 0.6 is 15.9 Å². The van der Waals surface area contributed by atoms with E-state index in [1.54, 1.807) is 41.3 Å². The number of amides is 2. The maximum absolute atomic E-state index is 14.8. The number of benzene rings is 4. The third-order valence-corrected chi connectivity index (χ3v) is 11.5. The number of hydrogen-bond acceptors (Lipinski definition) is 4. The van der Waals surface area contributed by atoms with E-state index in [0.717, 1.165) is 64.4 Å². The van der Waals surface area contributed by atoms with Crippen LogP contribution in [0.5, 0.6) is 0 Å². The number of aryl methyl sites for hydroxylation is 2. The van der Waals surface area contributed by atoms with Gasteiger partial charge in [-0.15, -0.1) is 0 Å². The molecule has 9 heteroatoms. The monoisotopic (exact) mass is 729 g/mol. The zero-order valence-corrected chi connectivity index (χ0v) is 30.3. The molecular formula is C39H44BrN3O4S. The molecule has 0 aromatic heterocycles. The summed E-state index contributed by atoms with van der Waals surface area (Å²) < 4.78 is 30.8. The van der Waals surface area contributed by atoms with Gasteiger partial charge in [0.05, 0.1) is 10.6 Å². The molecule has 1 saturated carbocycles. The highest BCUT2D eigenvalue weighted by molar-refractivity contribution is 9.10. The van der Waals surface area contributed by atoms with Gasteiger partial charge in [0.1, 0.15) is 12.6 Å². The van der Waals surface area contributed by atoms with Crippen LogP contribution < -0.4 is 9.62 Å². The summed E-state index contributed by atoms with van der Waals surface area (Å²) in [5, 5.41) is 3.26. The van der Waals surface area contributed by atoms with Crippen molar-refractivity contribution < 1.29 is 18.0 Å². The highest BCUT2D eigenvalue weighted by atomic mass is 79.9. The van der Waals surface area contributed by atoms with Crippen molar-refractivity contribution in [1.29, 1.82) is 0 Å². The molecule has 5 rings (SSSR count). The summed E-state index contributed by atoms with van der Waals surface area (Å²) in [5.41, 5.74) is 4.75. The Morgan fingerprint density at radius 2 is 1.50 bits per heavy atom. The molecule has 1 N–H and O–H groups in total. The van der Waals surface area contributed by atoms with Gasteiger partial charge in [0.25, 0.3) is 10.0 Å². The average molecular weight is 731 g/mol. The van der Waals surface area contributed by atoms with E-state index in [2.05, 4.69) is 21.2 Å². The Balaban J connectivity index is 1.59. The van der Waals surface area contributed by atoms with Crippen molar-refractivity contribution in [2.75, 3.05) is 10.8 Å². The van der Waals surface area contributed by atoms with Gasteiger partial charge in [-0.25, -0.2) is 8.42 Å². The number of carbonyl (C=O) groups excluding carboxylic acids is 2. The number of hydrogen-bond donors (Lipinski definition) is 1. The molecule has 0 aliphatic heterocycles. The molecule has 1 aliphatic rings. The Kier molecular flexibility index (Phi) is 11.8. The minimum absolute atomic E-state index is 0.0423. The summed E-state index contributed by atoms with van der Waals surface area (Å²) in [6, 6.07) is 28.6. The SMILES string of the molecule is Cc1ccc(S(=O)(=O)N(CC(=O)N(Cc2cccc(Br)c2)[C@H](Cc2ccccc2)C(=O)NC2CCCCC2)c2cccc(C)c2C)cc1. The standard InChI is InChI=1S/C39H44BrN3O4S/c1-28-20-22-35(23-21-28)48(46,47)43(36-19-10-12-29(2)30(36)3)27-38(44)42(26-32-15-11-16-33(40)24-32)37(25-31-13-6-4-7-14-31)39(45)41-34-17-8-5-9-18-34/h4,6-7,10-16,19-24,34,37H,5,8-9,17-18,25-27H2,1-3H3,(H,41,45)/t37-/m1/s1. The molecule has 0 unspecified atom stereocenters. The molecule has 4 aromatic carbocycles. The molecule has 0 saturated heterocycles. The number of halogens is 1. The smallest absolute Gasteiger partial charge is 0.264 e. The normalized spacial score (nSPS) is 14.2. The van der Waals surface area contributed by atoms with Gasteiger partial charge in [-0.05, 0) is 86.2 Å². The quantitative estimate of drug-likeness (QED) is 0.162. The van der Waals surface area contributed by atoms with Crippen LogP contribution in [0.4, 0.5) is 5.69 Å². The number of sulfonamides is 1. The highest BCUT2D eigenvalue weighted by Crippen LogP contribution is 2.30. The molecule has 4 aromatic rings. The van der Waals surface area contributed by atoms with E-state index >= 15 is 0 Å². The van der Waals surface area contributed by atoms with Crippen LogP contribution in [0, 0.1) is 20.8 Å². The maximum Gasteiger partial charge on any atom is 0.264 e. The fourth-order valence-corrected chi connectivity index (χ4v) is 8.21. The van der Waals surface area contributed by atoms with E-state index in [-0.39, 0.29) is 29.8 Å². The van der Waals surface area contributed by atoms with Gasteiger partial charge in [0, 0.05) is 23.5 Å². The molecule has 7 nitrogen and oxygen atoms in total. The third-order valence-electron chi connectivity index (χ3n) is 9.20. The molecule has 2 amide bonds. The second-order valence-electron chi connectivity index (χ2n) is 12.7. The fourth-order valence-electron chi connectivity index (χ4n) is 6.29. The fraction of sp³-hybridized carbons (Fsp3) is 0.333. The largest absolute Gasteiger partial charge is 0.352 e. The lowest BCUT2D eigenvalue weighted by atomic mass is 9.94. The number of nitrogens with one attached hydrogen (secondary N) is 1. The lowest BCUT2D eigenvalue weighted by molar-refractivity contribution is -0.140. The van der Waals surface area contributed by atoms with Crippen molar-refractivity contribution in [3.8, 4) is 0 Å². The first kappa shape index (κ1) is 35.4. The molecule has 48 heavy (non-hydrogen) atoms. The molecule has 1 fully saturated rings. The van der Waals surface area contributed by atoms with Crippen LogP contribution in [0.15, 0.2) is 106 Å². The van der Waals surface area contributed by atoms with E-state index in [1.807, 2.05) is 81.4 Å². The molecular weight excluding hydrogens is 686 g/mol. The Morgan fingerprint density at radius 3 is 2.19 bits per heavy atom. The minimum Gasteiger partial charge on any atom is -0.352 e. The number of nitrogens with zero attached hydrogens (tertiary/aromatic N) is 2. The van der Waals surface area contributed by atoms with Gasteiger partial charge in [0.15, 0.2) is 0 Å². The van der Waals surface area contributed by atoms with Gasteiger partial charge in [-0.2, -0.15) is 0 Å². The van der Waals surface area contributed by atoms with Crippen molar-refractivity contribution in [3.63, 3.8) is 0 Å². The number of rotatable bonds is 12. The summed E-state index contributed by atoms with van der Waals surface area (Å²) in [6.45, 7) is 5.33. The molecule has 252 valence electrons. The van der Waals surface area contributed by atoms with Crippen molar-refractivity contribution >= 4 is 43.5 Å². The molecule has 0 bridgehead atoms. The average Bonchev–Trinajstić information content (AvgIpc) is 3.07. The van der Waals surface area contributed by atoms with E-state index in [4.69, 9.17) is 0 Å². The zero-order valence-electron chi connectivity index (χ0n) is 27.9. The lowest BCUT2D eigenvalue weighted by Crippen LogP contribution is -2.55. The second kappa shape index (κ2) is 16.0. The van der Waals surface area contributed by atoms with E-state index in [1.165, 1.54) is 4.31 Å². The summed E-state index contributed by atoms with van der Waals surface area (Å²) in [5.74, 6) is -0.694. The van der Waals surface area contributed by atoms with Crippen LogP contribution in [0.3, 0.4) is 0 Å². The first-order chi connectivity index (χ1) is 23.0. The van der Waals surface area contributed by atoms with Crippen LogP contribution in [0.1, 0.15) is 59.9 Å². The van der Waals surface area contributed by atoms with Crippen molar-refractivity contribution in [2.45, 2.75) is 82.8 Å². The van der Waals surface area contributed by atoms with Gasteiger partial charge in [-0.3, -0.25) is 13.9 Å². The van der Waals surface area contributed by atoms with E-state index in [9.17, 15) is 18.0 Å². The van der Waals surface area contributed by atoms with Gasteiger partial charge < -0.3 is 10.2 Å². The van der Waals surface area contributed by atoms with Gasteiger partial charge in [-0.1, -0.05) is 107 Å². The first-order valence-corrected chi connectivity index (χ1v) is 18.8. The van der Waals surface area contributed by atoms with E-state index in [0.29, 0.717) is 5.69 Å². The van der Waals surface area contributed by atoms with Crippen molar-refractivity contribution in [2.24, 2.45) is 0 Å². The molecule has 0 radical (unpaired) electrons. The Bertz CT molecular complexity index is 1820. The van der Waals surface area contributed by atoms with Gasteiger partial charge in [0.2, 0.25) is 11.8 Å². The minimum atomic E-state index is -4.17. The number of carbonyl (C=O) groups is 2. The lowest BCUT2D eigenvalue weighted by Gasteiger charge is -2.35. The summed E-state index contributed by atoms with van der Waals surface area (Å²) in [4.78, 5) is 30.7. The summed E-state index contributed by atoms with van der Waals surface area (Å²) in [7, 11) is -4.17. The molecule has 1 atom stereocenters. The third kappa shape index (κ3) is 8.74. The van der Waals surface area contributed by atoms with Crippen LogP contribution in [-0.2, 0) is 32.6 Å². The summed E-state index contributed by atoms with van der Waals surface area (Å²) >= 11 is 3.55. The predicted octanol–water partition coefficient (Wildman–Crippen LogP) is 7.66. The zero-order chi connectivity index (χ0) is 34.3. The Labute approximate surface area is 293 Å². The first-order valence-electron chi connectivity index (χ1n) is 16.6.